The van der Waals surface area contributed by atoms with E-state index in [-0.39, 0.29) is 10.7 Å². The fourth-order valence-corrected chi connectivity index (χ4v) is 2.05. The van der Waals surface area contributed by atoms with Crippen LogP contribution >= 0.6 is 27.5 Å². The first-order valence-electron chi connectivity index (χ1n) is 5.36. The summed E-state index contributed by atoms with van der Waals surface area (Å²) in [6, 6.07) is 6.53. The standard InChI is InChI=1S/C13H9BrClFN2O/c1-7-2-3-8(14)4-11(7)18-13(19)10-5-9(16)6-17-12(10)15/h2-6H,1H3,(H,18,19). The Kier molecular flexibility index (Phi) is 4.17. The number of hydrogen-bond acceptors (Lipinski definition) is 2. The van der Waals surface area contributed by atoms with Crippen molar-refractivity contribution in [2.75, 3.05) is 5.32 Å². The zero-order chi connectivity index (χ0) is 14.0. The van der Waals surface area contributed by atoms with Crippen molar-refractivity contribution in [3.05, 3.63) is 57.0 Å². The lowest BCUT2D eigenvalue weighted by Gasteiger charge is -2.09. The van der Waals surface area contributed by atoms with Crippen LogP contribution < -0.4 is 5.32 Å². The Labute approximate surface area is 122 Å². The van der Waals surface area contributed by atoms with Crippen LogP contribution in [-0.2, 0) is 0 Å². The van der Waals surface area contributed by atoms with Gasteiger partial charge in [0, 0.05) is 10.2 Å². The molecule has 2 aromatic rings. The van der Waals surface area contributed by atoms with Gasteiger partial charge in [-0.25, -0.2) is 9.37 Å². The summed E-state index contributed by atoms with van der Waals surface area (Å²) in [6.07, 6.45) is 0.962. The fraction of sp³-hybridized carbons (Fsp3) is 0.0769. The van der Waals surface area contributed by atoms with Gasteiger partial charge in [0.15, 0.2) is 0 Å². The topological polar surface area (TPSA) is 42.0 Å². The molecule has 0 atom stereocenters. The van der Waals surface area contributed by atoms with Gasteiger partial charge in [-0.1, -0.05) is 33.6 Å². The molecular formula is C13H9BrClFN2O. The average molecular weight is 344 g/mol. The molecule has 0 radical (unpaired) electrons. The highest BCUT2D eigenvalue weighted by molar-refractivity contribution is 9.10. The number of nitrogens with zero attached hydrogens (tertiary/aromatic N) is 1. The number of amides is 1. The lowest BCUT2D eigenvalue weighted by atomic mass is 10.2. The van der Waals surface area contributed by atoms with Gasteiger partial charge in [-0.2, -0.15) is 0 Å². The highest BCUT2D eigenvalue weighted by atomic mass is 79.9. The molecule has 1 amide bonds. The Morgan fingerprint density at radius 2 is 2.16 bits per heavy atom. The zero-order valence-corrected chi connectivity index (χ0v) is 12.2. The molecule has 98 valence electrons. The second-order valence-electron chi connectivity index (χ2n) is 3.91. The number of aryl methyl sites for hydroxylation is 1. The molecular weight excluding hydrogens is 335 g/mol. The van der Waals surface area contributed by atoms with E-state index < -0.39 is 11.7 Å². The van der Waals surface area contributed by atoms with E-state index in [0.717, 1.165) is 22.3 Å². The zero-order valence-electron chi connectivity index (χ0n) is 9.88. The maximum atomic E-state index is 13.1. The first kappa shape index (κ1) is 14.0. The molecule has 1 aromatic heterocycles. The van der Waals surface area contributed by atoms with Gasteiger partial charge >= 0.3 is 0 Å². The number of pyridine rings is 1. The summed E-state index contributed by atoms with van der Waals surface area (Å²) < 4.78 is 13.9. The van der Waals surface area contributed by atoms with Crippen molar-refractivity contribution in [3.63, 3.8) is 0 Å². The summed E-state index contributed by atoms with van der Waals surface area (Å²) in [4.78, 5) is 15.6. The van der Waals surface area contributed by atoms with Gasteiger partial charge in [-0.15, -0.1) is 0 Å². The number of benzene rings is 1. The maximum Gasteiger partial charge on any atom is 0.258 e. The van der Waals surface area contributed by atoms with Crippen LogP contribution in [-0.4, -0.2) is 10.9 Å². The normalized spacial score (nSPS) is 10.3. The first-order valence-corrected chi connectivity index (χ1v) is 6.53. The number of carbonyl (C=O) groups excluding carboxylic acids is 1. The van der Waals surface area contributed by atoms with Gasteiger partial charge in [0.2, 0.25) is 0 Å². The minimum absolute atomic E-state index is 0.000965. The van der Waals surface area contributed by atoms with Crippen molar-refractivity contribution in [3.8, 4) is 0 Å². The van der Waals surface area contributed by atoms with Gasteiger partial charge < -0.3 is 5.32 Å². The third-order valence-corrected chi connectivity index (χ3v) is 3.29. The van der Waals surface area contributed by atoms with Gasteiger partial charge in [-0.3, -0.25) is 4.79 Å². The van der Waals surface area contributed by atoms with Crippen LogP contribution in [0.15, 0.2) is 34.9 Å². The van der Waals surface area contributed by atoms with Crippen molar-refractivity contribution in [1.29, 1.82) is 0 Å². The predicted molar refractivity (Wildman–Crippen MR) is 76.0 cm³/mol. The molecule has 0 aliphatic heterocycles. The number of carbonyl (C=O) groups is 1. The molecule has 1 heterocycles. The maximum absolute atomic E-state index is 13.1. The van der Waals surface area contributed by atoms with Crippen molar-refractivity contribution in [1.82, 2.24) is 4.98 Å². The smallest absolute Gasteiger partial charge is 0.258 e. The molecule has 1 N–H and O–H groups in total. The molecule has 0 fully saturated rings. The van der Waals surface area contributed by atoms with Crippen molar-refractivity contribution in [2.45, 2.75) is 6.92 Å². The van der Waals surface area contributed by atoms with E-state index in [1.807, 2.05) is 19.1 Å². The molecule has 1 aromatic carbocycles. The molecule has 0 saturated carbocycles. The Bertz CT molecular complexity index is 649. The Balaban J connectivity index is 2.30. The number of hydrogen-bond donors (Lipinski definition) is 1. The van der Waals surface area contributed by atoms with Crippen LogP contribution in [0.4, 0.5) is 10.1 Å². The van der Waals surface area contributed by atoms with Crippen molar-refractivity contribution >= 4 is 39.1 Å². The molecule has 6 heteroatoms. The van der Waals surface area contributed by atoms with E-state index in [9.17, 15) is 9.18 Å². The number of aromatic nitrogens is 1. The monoisotopic (exact) mass is 342 g/mol. The van der Waals surface area contributed by atoms with Gasteiger partial charge in [0.05, 0.1) is 11.8 Å². The average Bonchev–Trinajstić information content (AvgIpc) is 2.36. The van der Waals surface area contributed by atoms with Crippen LogP contribution in [0.2, 0.25) is 5.15 Å². The lowest BCUT2D eigenvalue weighted by molar-refractivity contribution is 0.102. The van der Waals surface area contributed by atoms with Gasteiger partial charge in [-0.05, 0) is 30.7 Å². The largest absolute Gasteiger partial charge is 0.322 e. The van der Waals surface area contributed by atoms with E-state index in [4.69, 9.17) is 11.6 Å². The highest BCUT2D eigenvalue weighted by Crippen LogP contribution is 2.22. The summed E-state index contributed by atoms with van der Waals surface area (Å²) in [7, 11) is 0. The number of halogens is 3. The minimum atomic E-state index is -0.611. The molecule has 0 aliphatic carbocycles. The van der Waals surface area contributed by atoms with E-state index in [2.05, 4.69) is 26.2 Å². The minimum Gasteiger partial charge on any atom is -0.322 e. The van der Waals surface area contributed by atoms with Crippen LogP contribution in [0.1, 0.15) is 15.9 Å². The molecule has 2 rings (SSSR count). The number of rotatable bonds is 2. The highest BCUT2D eigenvalue weighted by Gasteiger charge is 2.14. The summed E-state index contributed by atoms with van der Waals surface area (Å²) in [5.74, 6) is -1.11. The SMILES string of the molecule is Cc1ccc(Br)cc1NC(=O)c1cc(F)cnc1Cl. The summed E-state index contributed by atoms with van der Waals surface area (Å²) in [6.45, 7) is 1.85. The van der Waals surface area contributed by atoms with Crippen LogP contribution in [0.5, 0.6) is 0 Å². The fourth-order valence-electron chi connectivity index (χ4n) is 1.50. The first-order chi connectivity index (χ1) is 8.97. The second kappa shape index (κ2) is 5.67. The van der Waals surface area contributed by atoms with E-state index >= 15 is 0 Å². The van der Waals surface area contributed by atoms with Crippen molar-refractivity contribution in [2.24, 2.45) is 0 Å². The Morgan fingerprint density at radius 1 is 1.42 bits per heavy atom. The molecule has 0 aliphatic rings. The Morgan fingerprint density at radius 3 is 2.89 bits per heavy atom. The third kappa shape index (κ3) is 3.30. The summed E-state index contributed by atoms with van der Waals surface area (Å²) >= 11 is 9.10. The quantitative estimate of drug-likeness (QED) is 0.831. The van der Waals surface area contributed by atoms with Gasteiger partial charge in [0.1, 0.15) is 11.0 Å². The summed E-state index contributed by atoms with van der Waals surface area (Å²) in [5, 5.41) is 2.64. The lowest BCUT2D eigenvalue weighted by Crippen LogP contribution is -2.14. The number of anilines is 1. The van der Waals surface area contributed by atoms with E-state index in [1.54, 1.807) is 6.07 Å². The van der Waals surface area contributed by atoms with Crippen molar-refractivity contribution < 1.29 is 9.18 Å². The molecule has 0 bridgehead atoms. The molecule has 19 heavy (non-hydrogen) atoms. The van der Waals surface area contributed by atoms with Crippen LogP contribution in [0.25, 0.3) is 0 Å². The number of nitrogens with one attached hydrogen (secondary N) is 1. The van der Waals surface area contributed by atoms with E-state index in [0.29, 0.717) is 5.69 Å². The third-order valence-electron chi connectivity index (χ3n) is 2.50. The Hall–Kier alpha value is -1.46. The predicted octanol–water partition coefficient (Wildman–Crippen LogP) is 4.20. The second-order valence-corrected chi connectivity index (χ2v) is 5.18. The molecule has 3 nitrogen and oxygen atoms in total. The van der Waals surface area contributed by atoms with Crippen LogP contribution in [0, 0.1) is 12.7 Å². The van der Waals surface area contributed by atoms with E-state index in [1.165, 1.54) is 0 Å². The van der Waals surface area contributed by atoms with Gasteiger partial charge in [0.25, 0.3) is 5.91 Å². The molecule has 0 saturated heterocycles. The molecule has 0 spiro atoms. The molecule has 0 unspecified atom stereocenters. The summed E-state index contributed by atoms with van der Waals surface area (Å²) in [5.41, 5.74) is 1.51. The van der Waals surface area contributed by atoms with Crippen LogP contribution in [0.3, 0.4) is 0 Å².